The fourth-order valence-electron chi connectivity index (χ4n) is 2.30. The third-order valence-electron chi connectivity index (χ3n) is 3.45. The van der Waals surface area contributed by atoms with E-state index in [1.807, 2.05) is 0 Å². The molecule has 0 atom stereocenters. The third-order valence-corrected chi connectivity index (χ3v) is 4.45. The molecule has 0 fully saturated rings. The zero-order chi connectivity index (χ0) is 16.4. The van der Waals surface area contributed by atoms with Gasteiger partial charge in [0.2, 0.25) is 5.95 Å². The van der Waals surface area contributed by atoms with Gasteiger partial charge in [-0.25, -0.2) is 4.98 Å². The lowest BCUT2D eigenvalue weighted by Crippen LogP contribution is -2.05. The van der Waals surface area contributed by atoms with Gasteiger partial charge in [-0.15, -0.1) is 11.3 Å². The van der Waals surface area contributed by atoms with Crippen LogP contribution in [-0.4, -0.2) is 24.2 Å². The zero-order valence-electron chi connectivity index (χ0n) is 13.2. The Hall–Kier alpha value is -2.54. The number of thiophene rings is 1. The molecule has 6 nitrogen and oxygen atoms in total. The molecule has 0 saturated carbocycles. The van der Waals surface area contributed by atoms with E-state index in [-0.39, 0.29) is 0 Å². The molecule has 0 unspecified atom stereocenters. The van der Waals surface area contributed by atoms with Crippen LogP contribution in [-0.2, 0) is 6.54 Å². The SMILES string of the molecule is COc1cc2nc(NCc3ccc(C)s3)nc(N)c2cc1OC. The van der Waals surface area contributed by atoms with Crippen molar-refractivity contribution in [2.24, 2.45) is 0 Å². The highest BCUT2D eigenvalue weighted by atomic mass is 32.1. The molecule has 7 heteroatoms. The molecule has 0 aliphatic heterocycles. The van der Waals surface area contributed by atoms with Gasteiger partial charge in [0, 0.05) is 21.2 Å². The molecule has 2 aromatic heterocycles. The second-order valence-electron chi connectivity index (χ2n) is 5.02. The Bertz CT molecular complexity index is 847. The Balaban J connectivity index is 1.93. The van der Waals surface area contributed by atoms with Crippen molar-refractivity contribution in [1.29, 1.82) is 0 Å². The van der Waals surface area contributed by atoms with Crippen LogP contribution in [0.1, 0.15) is 9.75 Å². The summed E-state index contributed by atoms with van der Waals surface area (Å²) in [5.41, 5.74) is 6.77. The van der Waals surface area contributed by atoms with E-state index < -0.39 is 0 Å². The molecule has 3 rings (SSSR count). The van der Waals surface area contributed by atoms with Crippen LogP contribution in [0.4, 0.5) is 11.8 Å². The molecular formula is C16H18N4O2S. The van der Waals surface area contributed by atoms with Gasteiger partial charge in [-0.1, -0.05) is 0 Å². The molecular weight excluding hydrogens is 312 g/mol. The van der Waals surface area contributed by atoms with Gasteiger partial charge in [0.15, 0.2) is 11.5 Å². The molecule has 0 bridgehead atoms. The molecule has 2 heterocycles. The number of nitrogens with two attached hydrogens (primary N) is 1. The monoisotopic (exact) mass is 330 g/mol. The van der Waals surface area contributed by atoms with Crippen molar-refractivity contribution < 1.29 is 9.47 Å². The van der Waals surface area contributed by atoms with Crippen molar-refractivity contribution in [3.8, 4) is 11.5 Å². The Morgan fingerprint density at radius 2 is 1.87 bits per heavy atom. The summed E-state index contributed by atoms with van der Waals surface area (Å²) in [5.74, 6) is 2.11. The summed E-state index contributed by atoms with van der Waals surface area (Å²) in [6, 6.07) is 7.77. The van der Waals surface area contributed by atoms with Crippen molar-refractivity contribution in [3.63, 3.8) is 0 Å². The number of ether oxygens (including phenoxy) is 2. The Labute approximate surface area is 138 Å². The van der Waals surface area contributed by atoms with Gasteiger partial charge in [-0.3, -0.25) is 0 Å². The molecule has 0 saturated heterocycles. The standard InChI is InChI=1S/C16H18N4O2S/c1-9-4-5-10(23-9)8-18-16-19-12-7-14(22-3)13(21-2)6-11(12)15(17)20-16/h4-7H,8H2,1-3H3,(H3,17,18,19,20). The van der Waals surface area contributed by atoms with Gasteiger partial charge in [0.25, 0.3) is 0 Å². The van der Waals surface area contributed by atoms with Crippen LogP contribution in [0.2, 0.25) is 0 Å². The van der Waals surface area contributed by atoms with E-state index in [1.165, 1.54) is 9.75 Å². The van der Waals surface area contributed by atoms with Gasteiger partial charge < -0.3 is 20.5 Å². The lowest BCUT2D eigenvalue weighted by Gasteiger charge is -2.11. The second-order valence-corrected chi connectivity index (χ2v) is 6.40. The maximum absolute atomic E-state index is 6.06. The van der Waals surface area contributed by atoms with Gasteiger partial charge in [0.05, 0.1) is 26.3 Å². The summed E-state index contributed by atoms with van der Waals surface area (Å²) < 4.78 is 10.6. The number of nitrogens with zero attached hydrogens (tertiary/aromatic N) is 2. The van der Waals surface area contributed by atoms with Crippen LogP contribution in [0.3, 0.4) is 0 Å². The zero-order valence-corrected chi connectivity index (χ0v) is 14.0. The van der Waals surface area contributed by atoms with Crippen molar-refractivity contribution in [2.75, 3.05) is 25.3 Å². The minimum Gasteiger partial charge on any atom is -0.493 e. The maximum atomic E-state index is 6.06. The summed E-state index contributed by atoms with van der Waals surface area (Å²) in [6.07, 6.45) is 0. The summed E-state index contributed by atoms with van der Waals surface area (Å²) >= 11 is 1.74. The Morgan fingerprint density at radius 3 is 2.52 bits per heavy atom. The van der Waals surface area contributed by atoms with E-state index in [0.29, 0.717) is 35.3 Å². The first-order valence-corrected chi connectivity index (χ1v) is 7.91. The van der Waals surface area contributed by atoms with Crippen LogP contribution in [0.15, 0.2) is 24.3 Å². The van der Waals surface area contributed by atoms with Crippen LogP contribution in [0.25, 0.3) is 10.9 Å². The Kier molecular flexibility index (Phi) is 4.20. The van der Waals surface area contributed by atoms with Crippen molar-refractivity contribution in [2.45, 2.75) is 13.5 Å². The second kappa shape index (κ2) is 6.29. The first-order chi connectivity index (χ1) is 11.1. The molecule has 0 aliphatic rings. The minimum atomic E-state index is 0.404. The highest BCUT2D eigenvalue weighted by Gasteiger charge is 2.11. The number of rotatable bonds is 5. The van der Waals surface area contributed by atoms with E-state index in [0.717, 1.165) is 5.39 Å². The number of aromatic nitrogens is 2. The van der Waals surface area contributed by atoms with Gasteiger partial charge >= 0.3 is 0 Å². The van der Waals surface area contributed by atoms with Gasteiger partial charge in [0.1, 0.15) is 5.82 Å². The van der Waals surface area contributed by atoms with Crippen LogP contribution >= 0.6 is 11.3 Å². The van der Waals surface area contributed by atoms with Crippen LogP contribution in [0.5, 0.6) is 11.5 Å². The summed E-state index contributed by atoms with van der Waals surface area (Å²) in [5, 5.41) is 3.95. The third kappa shape index (κ3) is 3.14. The van der Waals surface area contributed by atoms with E-state index >= 15 is 0 Å². The number of benzene rings is 1. The van der Waals surface area contributed by atoms with E-state index in [2.05, 4.69) is 34.3 Å². The predicted octanol–water partition coefficient (Wildman–Crippen LogP) is 3.21. The normalized spacial score (nSPS) is 10.7. The van der Waals surface area contributed by atoms with Gasteiger partial charge in [-0.05, 0) is 25.1 Å². The molecule has 3 N–H and O–H groups in total. The molecule has 0 amide bonds. The first kappa shape index (κ1) is 15.4. The highest BCUT2D eigenvalue weighted by Crippen LogP contribution is 2.33. The number of methoxy groups -OCH3 is 2. The van der Waals surface area contributed by atoms with Crippen LogP contribution in [0, 0.1) is 6.92 Å². The lowest BCUT2D eigenvalue weighted by molar-refractivity contribution is 0.356. The number of fused-ring (bicyclic) bond motifs is 1. The molecule has 3 aromatic rings. The molecule has 0 spiro atoms. The fraction of sp³-hybridized carbons (Fsp3) is 0.250. The van der Waals surface area contributed by atoms with E-state index in [1.54, 1.807) is 37.7 Å². The molecule has 0 radical (unpaired) electrons. The van der Waals surface area contributed by atoms with Crippen molar-refractivity contribution in [1.82, 2.24) is 9.97 Å². The number of anilines is 2. The minimum absolute atomic E-state index is 0.404. The average molecular weight is 330 g/mol. The number of aryl methyl sites for hydroxylation is 1. The molecule has 120 valence electrons. The smallest absolute Gasteiger partial charge is 0.225 e. The number of nitrogen functional groups attached to an aromatic ring is 1. The predicted molar refractivity (Wildman–Crippen MR) is 93.4 cm³/mol. The molecule has 23 heavy (non-hydrogen) atoms. The van der Waals surface area contributed by atoms with Crippen molar-refractivity contribution >= 4 is 34.0 Å². The number of nitrogens with one attached hydrogen (secondary N) is 1. The topological polar surface area (TPSA) is 82.3 Å². The average Bonchev–Trinajstić information content (AvgIpc) is 2.97. The summed E-state index contributed by atoms with van der Waals surface area (Å²) in [6.45, 7) is 2.75. The lowest BCUT2D eigenvalue weighted by atomic mass is 10.2. The maximum Gasteiger partial charge on any atom is 0.225 e. The highest BCUT2D eigenvalue weighted by molar-refractivity contribution is 7.11. The van der Waals surface area contributed by atoms with Crippen molar-refractivity contribution in [3.05, 3.63) is 34.0 Å². The Morgan fingerprint density at radius 1 is 1.13 bits per heavy atom. The number of hydrogen-bond acceptors (Lipinski definition) is 7. The van der Waals surface area contributed by atoms with Gasteiger partial charge in [-0.2, -0.15) is 4.98 Å². The molecule has 1 aromatic carbocycles. The number of hydrogen-bond donors (Lipinski definition) is 2. The largest absolute Gasteiger partial charge is 0.493 e. The summed E-state index contributed by atoms with van der Waals surface area (Å²) in [4.78, 5) is 11.3. The molecule has 0 aliphatic carbocycles. The van der Waals surface area contributed by atoms with E-state index in [9.17, 15) is 0 Å². The van der Waals surface area contributed by atoms with E-state index in [4.69, 9.17) is 15.2 Å². The van der Waals surface area contributed by atoms with Crippen LogP contribution < -0.4 is 20.5 Å². The summed E-state index contributed by atoms with van der Waals surface area (Å²) in [7, 11) is 3.17. The quantitative estimate of drug-likeness (QED) is 0.747. The fourth-order valence-corrected chi connectivity index (χ4v) is 3.13. The first-order valence-electron chi connectivity index (χ1n) is 7.09.